The first-order valence-corrected chi connectivity index (χ1v) is 9.84. The van der Waals surface area contributed by atoms with Gasteiger partial charge in [0.05, 0.1) is 5.69 Å². The standard InChI is InChI=1S/C24H19ClN2O3/c25-19-12-10-18(11-13-19)15-26-23(28)16-27-20-8-4-5-9-21(20)30-22(24(27)29)14-17-6-2-1-3-7-17/h1-14H,15-16H2,(H,26,28). The lowest BCUT2D eigenvalue weighted by molar-refractivity contribution is -0.123. The van der Waals surface area contributed by atoms with Crippen LogP contribution in [0.2, 0.25) is 5.02 Å². The molecule has 5 nitrogen and oxygen atoms in total. The Hall–Kier alpha value is -3.57. The number of carbonyl (C=O) groups is 2. The van der Waals surface area contributed by atoms with E-state index in [4.69, 9.17) is 16.3 Å². The van der Waals surface area contributed by atoms with Gasteiger partial charge in [-0.2, -0.15) is 0 Å². The van der Waals surface area contributed by atoms with Gasteiger partial charge in [-0.15, -0.1) is 0 Å². The molecule has 4 rings (SSSR count). The highest BCUT2D eigenvalue weighted by Gasteiger charge is 2.31. The molecular weight excluding hydrogens is 400 g/mol. The summed E-state index contributed by atoms with van der Waals surface area (Å²) in [6, 6.07) is 23.8. The zero-order valence-electron chi connectivity index (χ0n) is 16.0. The average Bonchev–Trinajstić information content (AvgIpc) is 2.77. The first-order chi connectivity index (χ1) is 14.6. The number of halogens is 1. The van der Waals surface area contributed by atoms with Crippen LogP contribution in [-0.4, -0.2) is 18.4 Å². The molecular formula is C24H19ClN2O3. The van der Waals surface area contributed by atoms with Gasteiger partial charge in [0, 0.05) is 11.6 Å². The fourth-order valence-corrected chi connectivity index (χ4v) is 3.25. The van der Waals surface area contributed by atoms with Gasteiger partial charge in [-0.3, -0.25) is 14.5 Å². The highest BCUT2D eigenvalue weighted by Crippen LogP contribution is 2.35. The molecule has 2 amide bonds. The molecule has 0 aromatic heterocycles. The summed E-state index contributed by atoms with van der Waals surface area (Å²) < 4.78 is 5.83. The van der Waals surface area contributed by atoms with Crippen LogP contribution in [0.15, 0.2) is 84.6 Å². The summed E-state index contributed by atoms with van der Waals surface area (Å²) in [6.07, 6.45) is 1.68. The molecule has 1 aliphatic rings. The molecule has 0 unspecified atom stereocenters. The minimum absolute atomic E-state index is 0.112. The second-order valence-electron chi connectivity index (χ2n) is 6.78. The maximum Gasteiger partial charge on any atom is 0.294 e. The smallest absolute Gasteiger partial charge is 0.294 e. The molecule has 6 heteroatoms. The molecule has 0 radical (unpaired) electrons. The molecule has 30 heavy (non-hydrogen) atoms. The lowest BCUT2D eigenvalue weighted by Gasteiger charge is -2.30. The number of nitrogens with one attached hydrogen (secondary N) is 1. The van der Waals surface area contributed by atoms with Crippen LogP contribution in [0.1, 0.15) is 11.1 Å². The van der Waals surface area contributed by atoms with Crippen molar-refractivity contribution in [2.75, 3.05) is 11.4 Å². The molecule has 0 spiro atoms. The van der Waals surface area contributed by atoms with E-state index < -0.39 is 0 Å². The van der Waals surface area contributed by atoms with Crippen molar-refractivity contribution in [2.24, 2.45) is 0 Å². The third-order valence-corrected chi connectivity index (χ3v) is 4.89. The fourth-order valence-electron chi connectivity index (χ4n) is 3.12. The number of anilines is 1. The maximum atomic E-state index is 13.1. The summed E-state index contributed by atoms with van der Waals surface area (Å²) in [7, 11) is 0. The number of amides is 2. The average molecular weight is 419 g/mol. The van der Waals surface area contributed by atoms with E-state index in [1.807, 2.05) is 48.5 Å². The summed E-state index contributed by atoms with van der Waals surface area (Å²) >= 11 is 5.89. The Kier molecular flexibility index (Phi) is 5.82. The van der Waals surface area contributed by atoms with Gasteiger partial charge in [-0.25, -0.2) is 0 Å². The van der Waals surface area contributed by atoms with Gasteiger partial charge in [0.2, 0.25) is 5.91 Å². The van der Waals surface area contributed by atoms with Crippen LogP contribution in [-0.2, 0) is 16.1 Å². The molecule has 3 aromatic carbocycles. The minimum Gasteiger partial charge on any atom is -0.449 e. The van der Waals surface area contributed by atoms with Crippen molar-refractivity contribution < 1.29 is 14.3 Å². The number of benzene rings is 3. The number of para-hydroxylation sites is 2. The van der Waals surface area contributed by atoms with E-state index >= 15 is 0 Å². The van der Waals surface area contributed by atoms with E-state index in [1.165, 1.54) is 4.90 Å². The van der Waals surface area contributed by atoms with Gasteiger partial charge in [0.15, 0.2) is 11.5 Å². The molecule has 3 aromatic rings. The maximum absolute atomic E-state index is 13.1. The number of fused-ring (bicyclic) bond motifs is 1. The number of nitrogens with zero attached hydrogens (tertiary/aromatic N) is 1. The summed E-state index contributed by atoms with van der Waals surface area (Å²) in [4.78, 5) is 27.1. The molecule has 0 aliphatic carbocycles. The van der Waals surface area contributed by atoms with Crippen molar-refractivity contribution >= 4 is 35.2 Å². The van der Waals surface area contributed by atoms with Gasteiger partial charge in [-0.1, -0.05) is 66.2 Å². The Bertz CT molecular complexity index is 1090. The molecule has 0 fully saturated rings. The summed E-state index contributed by atoms with van der Waals surface area (Å²) in [5.41, 5.74) is 2.33. The van der Waals surface area contributed by atoms with E-state index in [2.05, 4.69) is 5.32 Å². The lowest BCUT2D eigenvalue weighted by Crippen LogP contribution is -2.44. The van der Waals surface area contributed by atoms with Gasteiger partial charge >= 0.3 is 0 Å². The third-order valence-electron chi connectivity index (χ3n) is 4.63. The molecule has 0 bridgehead atoms. The Labute approximate surface area is 179 Å². The number of carbonyl (C=O) groups excluding carboxylic acids is 2. The summed E-state index contributed by atoms with van der Waals surface area (Å²) in [6.45, 7) is 0.238. The molecule has 0 atom stereocenters. The van der Waals surface area contributed by atoms with Crippen molar-refractivity contribution in [1.29, 1.82) is 0 Å². The lowest BCUT2D eigenvalue weighted by atomic mass is 10.1. The Morgan fingerprint density at radius 1 is 0.967 bits per heavy atom. The van der Waals surface area contributed by atoms with Gasteiger partial charge < -0.3 is 10.1 Å². The Morgan fingerprint density at radius 2 is 1.67 bits per heavy atom. The topological polar surface area (TPSA) is 58.6 Å². The van der Waals surface area contributed by atoms with Crippen LogP contribution in [0.4, 0.5) is 5.69 Å². The Morgan fingerprint density at radius 3 is 2.43 bits per heavy atom. The van der Waals surface area contributed by atoms with Crippen molar-refractivity contribution in [3.8, 4) is 5.75 Å². The first kappa shape index (κ1) is 19.7. The van der Waals surface area contributed by atoms with Gasteiger partial charge in [0.1, 0.15) is 6.54 Å². The van der Waals surface area contributed by atoms with E-state index in [-0.39, 0.29) is 24.1 Å². The third kappa shape index (κ3) is 4.53. The highest BCUT2D eigenvalue weighted by atomic mass is 35.5. The van der Waals surface area contributed by atoms with Crippen LogP contribution >= 0.6 is 11.6 Å². The largest absolute Gasteiger partial charge is 0.449 e. The fraction of sp³-hybridized carbons (Fsp3) is 0.0833. The predicted octanol–water partition coefficient (Wildman–Crippen LogP) is 4.42. The molecule has 150 valence electrons. The number of hydrogen-bond acceptors (Lipinski definition) is 3. The molecule has 1 heterocycles. The predicted molar refractivity (Wildman–Crippen MR) is 117 cm³/mol. The summed E-state index contributed by atoms with van der Waals surface area (Å²) in [5.74, 6) is 0.0726. The number of rotatable bonds is 5. The molecule has 0 saturated carbocycles. The van der Waals surface area contributed by atoms with Crippen molar-refractivity contribution in [3.63, 3.8) is 0 Å². The monoisotopic (exact) mass is 418 g/mol. The highest BCUT2D eigenvalue weighted by molar-refractivity contribution is 6.30. The summed E-state index contributed by atoms with van der Waals surface area (Å²) in [5, 5.41) is 3.48. The van der Waals surface area contributed by atoms with Crippen LogP contribution in [0, 0.1) is 0 Å². The number of hydrogen-bond donors (Lipinski definition) is 1. The van der Waals surface area contributed by atoms with Crippen LogP contribution < -0.4 is 15.0 Å². The Balaban J connectivity index is 1.53. The number of ether oxygens (including phenoxy) is 1. The van der Waals surface area contributed by atoms with Crippen molar-refractivity contribution in [3.05, 3.63) is 101 Å². The minimum atomic E-state index is -0.362. The quantitative estimate of drug-likeness (QED) is 0.624. The van der Waals surface area contributed by atoms with E-state index in [1.54, 1.807) is 36.4 Å². The van der Waals surface area contributed by atoms with E-state index in [0.717, 1.165) is 11.1 Å². The van der Waals surface area contributed by atoms with Crippen LogP contribution in [0.5, 0.6) is 5.75 Å². The second kappa shape index (κ2) is 8.84. The van der Waals surface area contributed by atoms with Gasteiger partial charge in [0.25, 0.3) is 5.91 Å². The first-order valence-electron chi connectivity index (χ1n) is 9.47. The zero-order chi connectivity index (χ0) is 20.9. The van der Waals surface area contributed by atoms with Crippen LogP contribution in [0.3, 0.4) is 0 Å². The van der Waals surface area contributed by atoms with Crippen LogP contribution in [0.25, 0.3) is 6.08 Å². The SMILES string of the molecule is O=C(CN1C(=O)C(=Cc2ccccc2)Oc2ccccc21)NCc1ccc(Cl)cc1. The zero-order valence-corrected chi connectivity index (χ0v) is 16.8. The van der Waals surface area contributed by atoms with E-state index in [0.29, 0.717) is 23.0 Å². The normalized spacial score (nSPS) is 14.2. The van der Waals surface area contributed by atoms with E-state index in [9.17, 15) is 9.59 Å². The van der Waals surface area contributed by atoms with Crippen molar-refractivity contribution in [1.82, 2.24) is 5.32 Å². The molecule has 1 aliphatic heterocycles. The van der Waals surface area contributed by atoms with Gasteiger partial charge in [-0.05, 0) is 41.5 Å². The van der Waals surface area contributed by atoms with Crippen molar-refractivity contribution in [2.45, 2.75) is 6.54 Å². The molecule has 0 saturated heterocycles. The second-order valence-corrected chi connectivity index (χ2v) is 7.22. The molecule has 1 N–H and O–H groups in total.